The van der Waals surface area contributed by atoms with Crippen molar-refractivity contribution in [3.63, 3.8) is 0 Å². The van der Waals surface area contributed by atoms with Crippen LogP contribution in [0.3, 0.4) is 0 Å². The fourth-order valence-electron chi connectivity index (χ4n) is 4.60. The molecule has 8 heteroatoms. The molecule has 1 N–H and O–H groups in total. The summed E-state index contributed by atoms with van der Waals surface area (Å²) in [4.78, 5) is 30.4. The van der Waals surface area contributed by atoms with Crippen molar-refractivity contribution < 1.29 is 24.2 Å². The van der Waals surface area contributed by atoms with Crippen LogP contribution in [0.5, 0.6) is 11.5 Å². The molecule has 1 saturated heterocycles. The molecule has 3 aromatic carbocycles. The number of benzene rings is 3. The summed E-state index contributed by atoms with van der Waals surface area (Å²) in [5.41, 5.74) is 2.46. The van der Waals surface area contributed by atoms with Crippen molar-refractivity contribution in [3.05, 3.63) is 88.5 Å². The van der Waals surface area contributed by atoms with Gasteiger partial charge in [0, 0.05) is 36.1 Å². The first kappa shape index (κ1) is 26.1. The number of ketones is 1. The molecule has 1 unspecified atom stereocenters. The normalized spacial score (nSPS) is 16.7. The molecule has 0 spiro atoms. The fourth-order valence-corrected chi connectivity index (χ4v) is 4.86. The molecule has 0 radical (unpaired) electrons. The van der Waals surface area contributed by atoms with Gasteiger partial charge in [-0.05, 0) is 61.9 Å². The Kier molecular flexibility index (Phi) is 7.74. The first-order chi connectivity index (χ1) is 17.8. The Morgan fingerprint density at radius 2 is 1.68 bits per heavy atom. The maximum Gasteiger partial charge on any atom is 0.300 e. The highest BCUT2D eigenvalue weighted by atomic mass is 35.5. The number of anilines is 2. The Balaban J connectivity index is 1.91. The first-order valence-electron chi connectivity index (χ1n) is 12.0. The molecule has 1 atom stereocenters. The molecule has 1 amide bonds. The van der Waals surface area contributed by atoms with E-state index in [0.29, 0.717) is 28.3 Å². The summed E-state index contributed by atoms with van der Waals surface area (Å²) in [5.74, 6) is -0.876. The Bertz CT molecular complexity index is 1350. The van der Waals surface area contributed by atoms with Gasteiger partial charge in [-0.25, -0.2) is 0 Å². The summed E-state index contributed by atoms with van der Waals surface area (Å²) in [5, 5.41) is 11.6. The molecule has 0 aromatic heterocycles. The summed E-state index contributed by atoms with van der Waals surface area (Å²) < 4.78 is 10.6. The number of amides is 1. The second-order valence-electron chi connectivity index (χ2n) is 8.48. The second kappa shape index (κ2) is 11.0. The van der Waals surface area contributed by atoms with E-state index in [-0.39, 0.29) is 16.4 Å². The molecule has 1 aliphatic heterocycles. The molecule has 0 aliphatic carbocycles. The lowest BCUT2D eigenvalue weighted by Crippen LogP contribution is -2.29. The van der Waals surface area contributed by atoms with Gasteiger partial charge in [-0.1, -0.05) is 29.8 Å². The highest BCUT2D eigenvalue weighted by molar-refractivity contribution is 6.51. The number of methoxy groups -OCH3 is 2. The summed E-state index contributed by atoms with van der Waals surface area (Å²) in [6, 6.07) is 18.4. The van der Waals surface area contributed by atoms with Crippen molar-refractivity contribution in [2.24, 2.45) is 0 Å². The Labute approximate surface area is 221 Å². The van der Waals surface area contributed by atoms with Crippen LogP contribution >= 0.6 is 11.6 Å². The van der Waals surface area contributed by atoms with Gasteiger partial charge in [0.2, 0.25) is 0 Å². The predicted molar refractivity (Wildman–Crippen MR) is 146 cm³/mol. The molecule has 192 valence electrons. The second-order valence-corrected chi connectivity index (χ2v) is 8.89. The van der Waals surface area contributed by atoms with Gasteiger partial charge in [0.15, 0.2) is 0 Å². The number of aliphatic hydroxyl groups excluding tert-OH is 1. The lowest BCUT2D eigenvalue weighted by atomic mass is 9.94. The van der Waals surface area contributed by atoms with E-state index in [0.717, 1.165) is 18.8 Å². The minimum atomic E-state index is -0.862. The topological polar surface area (TPSA) is 79.3 Å². The average molecular weight is 521 g/mol. The Hall–Kier alpha value is -3.97. The minimum absolute atomic E-state index is 0.0235. The van der Waals surface area contributed by atoms with Crippen LogP contribution in [0.15, 0.2) is 72.3 Å². The highest BCUT2D eigenvalue weighted by Gasteiger charge is 2.47. The van der Waals surface area contributed by atoms with Crippen LogP contribution in [0.25, 0.3) is 5.76 Å². The standard InChI is InChI=1S/C29H29ClN2O5/c1-5-31(6-2)20-13-10-18(11-14-20)26-25(27(33)19-12-15-24(37-4)23(30)16-19)28(34)29(35)32(26)21-8-7-9-22(17-21)36-3/h7-17,26,33H,5-6H2,1-4H3/b27-25+. The van der Waals surface area contributed by atoms with Crippen molar-refractivity contribution in [2.45, 2.75) is 19.9 Å². The lowest BCUT2D eigenvalue weighted by molar-refractivity contribution is -0.132. The van der Waals surface area contributed by atoms with Crippen molar-refractivity contribution in [3.8, 4) is 11.5 Å². The number of ether oxygens (including phenoxy) is 2. The van der Waals surface area contributed by atoms with Crippen LogP contribution in [-0.2, 0) is 9.59 Å². The number of aliphatic hydroxyl groups is 1. The maximum absolute atomic E-state index is 13.4. The number of carbonyl (C=O) groups is 2. The van der Waals surface area contributed by atoms with Crippen LogP contribution in [-0.4, -0.2) is 44.1 Å². The SMILES string of the molecule is CCN(CC)c1ccc(C2/C(=C(\O)c3ccc(OC)c(Cl)c3)C(=O)C(=O)N2c2cccc(OC)c2)cc1. The van der Waals surface area contributed by atoms with Gasteiger partial charge in [0.1, 0.15) is 17.3 Å². The average Bonchev–Trinajstić information content (AvgIpc) is 3.19. The molecule has 0 saturated carbocycles. The summed E-state index contributed by atoms with van der Waals surface area (Å²) in [6.07, 6.45) is 0. The monoisotopic (exact) mass is 520 g/mol. The maximum atomic E-state index is 13.4. The molecule has 1 aliphatic rings. The number of hydrogen-bond donors (Lipinski definition) is 1. The molecule has 1 fully saturated rings. The predicted octanol–water partition coefficient (Wildman–Crippen LogP) is 5.83. The van der Waals surface area contributed by atoms with Gasteiger partial charge in [-0.2, -0.15) is 0 Å². The summed E-state index contributed by atoms with van der Waals surface area (Å²) >= 11 is 6.29. The van der Waals surface area contributed by atoms with E-state index in [4.69, 9.17) is 21.1 Å². The van der Waals surface area contributed by atoms with Gasteiger partial charge in [0.05, 0.1) is 30.9 Å². The van der Waals surface area contributed by atoms with Crippen molar-refractivity contribution >= 4 is 40.4 Å². The third-order valence-corrected chi connectivity index (χ3v) is 6.83. The molecular weight excluding hydrogens is 492 g/mol. The quantitative estimate of drug-likeness (QED) is 0.229. The third-order valence-electron chi connectivity index (χ3n) is 6.54. The number of rotatable bonds is 8. The van der Waals surface area contributed by atoms with E-state index >= 15 is 0 Å². The van der Waals surface area contributed by atoms with E-state index in [1.807, 2.05) is 24.3 Å². The molecule has 7 nitrogen and oxygen atoms in total. The van der Waals surface area contributed by atoms with Gasteiger partial charge < -0.3 is 19.5 Å². The van der Waals surface area contributed by atoms with Crippen molar-refractivity contribution in [1.82, 2.24) is 0 Å². The molecule has 4 rings (SSSR count). The van der Waals surface area contributed by atoms with Crippen LogP contribution in [0.2, 0.25) is 5.02 Å². The van der Waals surface area contributed by atoms with E-state index in [2.05, 4.69) is 18.7 Å². The fraction of sp³-hybridized carbons (Fsp3) is 0.241. The Morgan fingerprint density at radius 3 is 2.27 bits per heavy atom. The third kappa shape index (κ3) is 4.87. The van der Waals surface area contributed by atoms with Crippen LogP contribution < -0.4 is 19.3 Å². The van der Waals surface area contributed by atoms with Gasteiger partial charge >= 0.3 is 0 Å². The number of halogens is 1. The number of Topliss-reactive ketones (excluding diaryl/α,β-unsaturated/α-hetero) is 1. The van der Waals surface area contributed by atoms with Gasteiger partial charge in [-0.3, -0.25) is 14.5 Å². The van der Waals surface area contributed by atoms with E-state index in [1.165, 1.54) is 25.2 Å². The van der Waals surface area contributed by atoms with Crippen molar-refractivity contribution in [1.29, 1.82) is 0 Å². The molecular formula is C29H29ClN2O5. The summed E-state index contributed by atoms with van der Waals surface area (Å²) in [6.45, 7) is 5.84. The van der Waals surface area contributed by atoms with Gasteiger partial charge in [-0.15, -0.1) is 0 Å². The van der Waals surface area contributed by atoms with E-state index in [9.17, 15) is 14.7 Å². The molecule has 0 bridgehead atoms. The zero-order valence-electron chi connectivity index (χ0n) is 21.2. The van der Waals surface area contributed by atoms with Crippen LogP contribution in [0, 0.1) is 0 Å². The summed E-state index contributed by atoms with van der Waals surface area (Å²) in [7, 11) is 3.02. The zero-order valence-corrected chi connectivity index (χ0v) is 22.0. The number of nitrogens with zero attached hydrogens (tertiary/aromatic N) is 2. The van der Waals surface area contributed by atoms with Gasteiger partial charge in [0.25, 0.3) is 11.7 Å². The molecule has 1 heterocycles. The molecule has 3 aromatic rings. The Morgan fingerprint density at radius 1 is 0.973 bits per heavy atom. The zero-order chi connectivity index (χ0) is 26.7. The van der Waals surface area contributed by atoms with Crippen molar-refractivity contribution in [2.75, 3.05) is 37.1 Å². The highest BCUT2D eigenvalue weighted by Crippen LogP contribution is 2.43. The van der Waals surface area contributed by atoms with Crippen LogP contribution in [0.1, 0.15) is 31.0 Å². The first-order valence-corrected chi connectivity index (χ1v) is 12.4. The van der Waals surface area contributed by atoms with E-state index < -0.39 is 17.7 Å². The molecule has 37 heavy (non-hydrogen) atoms. The minimum Gasteiger partial charge on any atom is -0.507 e. The largest absolute Gasteiger partial charge is 0.507 e. The van der Waals surface area contributed by atoms with E-state index in [1.54, 1.807) is 36.4 Å². The number of carbonyl (C=O) groups excluding carboxylic acids is 2. The van der Waals surface area contributed by atoms with Crippen LogP contribution in [0.4, 0.5) is 11.4 Å². The smallest absolute Gasteiger partial charge is 0.300 e. The number of hydrogen-bond acceptors (Lipinski definition) is 6. The lowest BCUT2D eigenvalue weighted by Gasteiger charge is -2.27.